The van der Waals surface area contributed by atoms with Crippen molar-refractivity contribution in [3.8, 4) is 0 Å². The summed E-state index contributed by atoms with van der Waals surface area (Å²) in [6.45, 7) is 13.9. The summed E-state index contributed by atoms with van der Waals surface area (Å²) in [7, 11) is -1.79. The van der Waals surface area contributed by atoms with Crippen LogP contribution in [0.25, 0.3) is 0 Å². The van der Waals surface area contributed by atoms with Crippen molar-refractivity contribution in [1.29, 1.82) is 0 Å². The van der Waals surface area contributed by atoms with Crippen molar-refractivity contribution in [1.82, 2.24) is 0 Å². The second kappa shape index (κ2) is 6.30. The minimum Gasteiger partial charge on any atom is -0.416 e. The summed E-state index contributed by atoms with van der Waals surface area (Å²) in [4.78, 5) is 0. The lowest BCUT2D eigenvalue weighted by Crippen LogP contribution is -2.47. The van der Waals surface area contributed by atoms with Crippen molar-refractivity contribution >= 4 is 8.32 Å². The third kappa shape index (κ3) is 3.94. The van der Waals surface area contributed by atoms with E-state index in [0.717, 1.165) is 24.8 Å². The molecule has 1 saturated carbocycles. The number of hydrogen-bond acceptors (Lipinski definition) is 3. The van der Waals surface area contributed by atoms with E-state index in [9.17, 15) is 5.11 Å². The van der Waals surface area contributed by atoms with E-state index < -0.39 is 14.4 Å². The fourth-order valence-corrected chi connectivity index (χ4v) is 3.58. The molecule has 118 valence electrons. The smallest absolute Gasteiger partial charge is 0.192 e. The first kappa shape index (κ1) is 17.9. The molecule has 0 aliphatic heterocycles. The van der Waals surface area contributed by atoms with Crippen LogP contribution in [-0.2, 0) is 4.43 Å². The molecule has 0 heterocycles. The van der Waals surface area contributed by atoms with E-state index in [2.05, 4.69) is 40.8 Å². The standard InChI is InChI=1S/C16H32O3Si/c1-15(2,3)20(5,6)19-12-16(4)10-7-8-13(9-11-17)14(16)18/h9,14,17-18H,7-8,10-12H2,1-6H3/b13-9-/t14-,16-/m1/s1. The molecule has 20 heavy (non-hydrogen) atoms. The molecule has 1 aliphatic carbocycles. The van der Waals surface area contributed by atoms with Gasteiger partial charge in [0.25, 0.3) is 0 Å². The minimum atomic E-state index is -1.79. The highest BCUT2D eigenvalue weighted by Gasteiger charge is 2.43. The molecule has 0 radical (unpaired) electrons. The molecule has 0 unspecified atom stereocenters. The highest BCUT2D eigenvalue weighted by Crippen LogP contribution is 2.42. The van der Waals surface area contributed by atoms with E-state index in [4.69, 9.17) is 9.53 Å². The van der Waals surface area contributed by atoms with E-state index in [-0.39, 0.29) is 17.1 Å². The second-order valence-corrected chi connectivity index (χ2v) is 12.7. The average Bonchev–Trinajstić information content (AvgIpc) is 2.32. The number of aliphatic hydroxyl groups is 2. The van der Waals surface area contributed by atoms with E-state index >= 15 is 0 Å². The average molecular weight is 301 g/mol. The molecule has 4 heteroatoms. The van der Waals surface area contributed by atoms with Crippen molar-refractivity contribution in [3.63, 3.8) is 0 Å². The van der Waals surface area contributed by atoms with Crippen LogP contribution in [0, 0.1) is 5.41 Å². The van der Waals surface area contributed by atoms with Gasteiger partial charge in [-0.15, -0.1) is 0 Å². The van der Waals surface area contributed by atoms with Gasteiger partial charge in [0.1, 0.15) is 0 Å². The van der Waals surface area contributed by atoms with Crippen molar-refractivity contribution in [2.75, 3.05) is 13.2 Å². The Kier molecular flexibility index (Phi) is 5.64. The number of hydrogen-bond donors (Lipinski definition) is 2. The predicted molar refractivity (Wildman–Crippen MR) is 86.3 cm³/mol. The number of aliphatic hydroxyl groups excluding tert-OH is 2. The molecule has 0 bridgehead atoms. The van der Waals surface area contributed by atoms with Crippen molar-refractivity contribution < 1.29 is 14.6 Å². The Morgan fingerprint density at radius 2 is 2.00 bits per heavy atom. The van der Waals surface area contributed by atoms with Gasteiger partial charge < -0.3 is 14.6 Å². The zero-order chi connectivity index (χ0) is 15.6. The van der Waals surface area contributed by atoms with Gasteiger partial charge >= 0.3 is 0 Å². The highest BCUT2D eigenvalue weighted by molar-refractivity contribution is 6.74. The molecule has 2 N–H and O–H groups in total. The molecule has 3 nitrogen and oxygen atoms in total. The first-order chi connectivity index (χ1) is 9.03. The molecule has 0 aromatic rings. The maximum atomic E-state index is 10.6. The lowest BCUT2D eigenvalue weighted by Gasteiger charge is -2.44. The predicted octanol–water partition coefficient (Wildman–Crippen LogP) is 3.48. The third-order valence-electron chi connectivity index (χ3n) is 5.15. The van der Waals surface area contributed by atoms with Crippen molar-refractivity contribution in [2.45, 2.75) is 71.2 Å². The van der Waals surface area contributed by atoms with Crippen LogP contribution in [0.1, 0.15) is 47.0 Å². The van der Waals surface area contributed by atoms with Gasteiger partial charge in [0.05, 0.1) is 12.7 Å². The SMILES string of the molecule is CC(C)(C)[Si](C)(C)OC[C@@]1(C)CCC/C(=C/CO)[C@H]1O. The zero-order valence-electron chi connectivity index (χ0n) is 14.0. The van der Waals surface area contributed by atoms with Gasteiger partial charge in [-0.25, -0.2) is 0 Å². The van der Waals surface area contributed by atoms with Gasteiger partial charge in [-0.05, 0) is 43.0 Å². The Hall–Kier alpha value is -0.163. The lowest BCUT2D eigenvalue weighted by molar-refractivity contribution is -0.00101. The van der Waals surface area contributed by atoms with Gasteiger partial charge in [0.15, 0.2) is 8.32 Å². The fraction of sp³-hybridized carbons (Fsp3) is 0.875. The molecule has 1 fully saturated rings. The summed E-state index contributed by atoms with van der Waals surface area (Å²) in [5.41, 5.74) is 0.745. The van der Waals surface area contributed by atoms with Gasteiger partial charge in [0.2, 0.25) is 0 Å². The summed E-state index contributed by atoms with van der Waals surface area (Å²) in [5.74, 6) is 0. The molecule has 0 saturated heterocycles. The molecule has 0 amide bonds. The van der Waals surface area contributed by atoms with Crippen LogP contribution in [0.2, 0.25) is 18.1 Å². The Morgan fingerprint density at radius 1 is 1.40 bits per heavy atom. The zero-order valence-corrected chi connectivity index (χ0v) is 15.0. The van der Waals surface area contributed by atoms with Crippen molar-refractivity contribution in [2.24, 2.45) is 5.41 Å². The molecule has 0 spiro atoms. The van der Waals surface area contributed by atoms with Crippen LogP contribution in [-0.4, -0.2) is 37.8 Å². The molecule has 0 aromatic heterocycles. The van der Waals surface area contributed by atoms with Crippen LogP contribution < -0.4 is 0 Å². The molecular weight excluding hydrogens is 268 g/mol. The molecule has 1 rings (SSSR count). The summed E-state index contributed by atoms with van der Waals surface area (Å²) in [6.07, 6.45) is 4.19. The monoisotopic (exact) mass is 300 g/mol. The van der Waals surface area contributed by atoms with Crippen LogP contribution in [0.15, 0.2) is 11.6 Å². The van der Waals surface area contributed by atoms with Gasteiger partial charge in [0, 0.05) is 12.0 Å². The van der Waals surface area contributed by atoms with Crippen LogP contribution in [0.5, 0.6) is 0 Å². The Labute approximate surface area is 125 Å². The van der Waals surface area contributed by atoms with E-state index in [0.29, 0.717) is 6.61 Å². The second-order valence-electron chi connectivity index (χ2n) is 7.92. The molecule has 2 atom stereocenters. The maximum Gasteiger partial charge on any atom is 0.192 e. The maximum absolute atomic E-state index is 10.6. The topological polar surface area (TPSA) is 49.7 Å². The Bertz CT molecular complexity index is 357. The largest absolute Gasteiger partial charge is 0.416 e. The number of rotatable bonds is 4. The minimum absolute atomic E-state index is 0.00552. The molecule has 0 aromatic carbocycles. The molecular formula is C16H32O3Si. The fourth-order valence-electron chi connectivity index (χ4n) is 2.46. The summed E-state index contributed by atoms with van der Waals surface area (Å²) in [5, 5.41) is 19.8. The van der Waals surface area contributed by atoms with Crippen LogP contribution in [0.3, 0.4) is 0 Å². The molecule has 1 aliphatic rings. The van der Waals surface area contributed by atoms with Gasteiger partial charge in [-0.3, -0.25) is 0 Å². The van der Waals surface area contributed by atoms with E-state index in [1.807, 2.05) is 0 Å². The van der Waals surface area contributed by atoms with Gasteiger partial charge in [-0.1, -0.05) is 33.8 Å². The van der Waals surface area contributed by atoms with E-state index in [1.54, 1.807) is 6.08 Å². The normalized spacial score (nSPS) is 30.8. The summed E-state index contributed by atoms with van der Waals surface area (Å²) in [6, 6.07) is 0. The Morgan fingerprint density at radius 3 is 2.50 bits per heavy atom. The highest BCUT2D eigenvalue weighted by atomic mass is 28.4. The first-order valence-electron chi connectivity index (χ1n) is 7.65. The first-order valence-corrected chi connectivity index (χ1v) is 10.6. The quantitative estimate of drug-likeness (QED) is 0.617. The van der Waals surface area contributed by atoms with Crippen LogP contribution in [0.4, 0.5) is 0 Å². The van der Waals surface area contributed by atoms with E-state index in [1.165, 1.54) is 0 Å². The van der Waals surface area contributed by atoms with Gasteiger partial charge in [-0.2, -0.15) is 0 Å². The summed E-state index contributed by atoms with van der Waals surface area (Å²) < 4.78 is 6.32. The van der Waals surface area contributed by atoms with Crippen LogP contribution >= 0.6 is 0 Å². The lowest BCUT2D eigenvalue weighted by atomic mass is 9.71. The Balaban J connectivity index is 2.77. The van der Waals surface area contributed by atoms with Crippen molar-refractivity contribution in [3.05, 3.63) is 11.6 Å². The summed E-state index contributed by atoms with van der Waals surface area (Å²) >= 11 is 0. The third-order valence-corrected chi connectivity index (χ3v) is 9.63.